The molecule has 30 heavy (non-hydrogen) atoms. The molecule has 12 heteroatoms. The second-order valence-electron chi connectivity index (χ2n) is 5.95. The van der Waals surface area contributed by atoms with Gasteiger partial charge in [0.1, 0.15) is 5.00 Å². The van der Waals surface area contributed by atoms with Crippen molar-refractivity contribution in [1.82, 2.24) is 0 Å². The average Bonchev–Trinajstić information content (AvgIpc) is 3.33. The summed E-state index contributed by atoms with van der Waals surface area (Å²) < 4.78 is 15.3. The SMILES string of the molecule is CC(OC(=O)/C=C/c1cc2c(cc1[N+](=O)[O-])OCO2)C(=O)Nc1sccc1C(N)=O. The molecule has 0 bridgehead atoms. The van der Waals surface area contributed by atoms with Crippen LogP contribution in [0.15, 0.2) is 29.7 Å². The van der Waals surface area contributed by atoms with Crippen molar-refractivity contribution < 1.29 is 33.5 Å². The first-order valence-corrected chi connectivity index (χ1v) is 9.29. The highest BCUT2D eigenvalue weighted by Crippen LogP contribution is 2.38. The average molecular weight is 433 g/mol. The molecule has 3 N–H and O–H groups in total. The lowest BCUT2D eigenvalue weighted by Gasteiger charge is -2.12. The van der Waals surface area contributed by atoms with Crippen LogP contribution in [-0.4, -0.2) is 35.6 Å². The number of nitrogens with zero attached hydrogens (tertiary/aromatic N) is 1. The van der Waals surface area contributed by atoms with Gasteiger partial charge in [-0.1, -0.05) is 0 Å². The molecule has 0 aliphatic carbocycles. The molecule has 1 aromatic carbocycles. The first-order valence-electron chi connectivity index (χ1n) is 8.41. The zero-order valence-corrected chi connectivity index (χ0v) is 16.3. The maximum absolute atomic E-state index is 12.2. The van der Waals surface area contributed by atoms with Crippen molar-refractivity contribution in [3.63, 3.8) is 0 Å². The maximum Gasteiger partial charge on any atom is 0.331 e. The number of anilines is 1. The van der Waals surface area contributed by atoms with Gasteiger partial charge in [0.05, 0.1) is 22.1 Å². The van der Waals surface area contributed by atoms with Crippen LogP contribution >= 0.6 is 11.3 Å². The first kappa shape index (κ1) is 20.8. The van der Waals surface area contributed by atoms with Crippen LogP contribution in [0.4, 0.5) is 10.7 Å². The van der Waals surface area contributed by atoms with Crippen molar-refractivity contribution in [2.45, 2.75) is 13.0 Å². The third kappa shape index (κ3) is 4.55. The molecule has 0 fully saturated rings. The predicted octanol–water partition coefficient (Wildman–Crippen LogP) is 2.07. The Bertz CT molecular complexity index is 1060. The smallest absolute Gasteiger partial charge is 0.331 e. The molecule has 0 saturated heterocycles. The molecule has 2 amide bonds. The Kier molecular flexibility index (Phi) is 5.97. The fourth-order valence-electron chi connectivity index (χ4n) is 2.48. The molecule has 11 nitrogen and oxygen atoms in total. The van der Waals surface area contributed by atoms with E-state index in [0.717, 1.165) is 17.4 Å². The van der Waals surface area contributed by atoms with Gasteiger partial charge in [-0.05, 0) is 30.5 Å². The summed E-state index contributed by atoms with van der Waals surface area (Å²) in [6, 6.07) is 4.02. The largest absolute Gasteiger partial charge is 0.454 e. The van der Waals surface area contributed by atoms with Crippen molar-refractivity contribution in [2.24, 2.45) is 5.73 Å². The summed E-state index contributed by atoms with van der Waals surface area (Å²) in [6.07, 6.45) is 0.933. The van der Waals surface area contributed by atoms with E-state index in [1.54, 1.807) is 5.38 Å². The number of esters is 1. The molecule has 1 aliphatic rings. The lowest BCUT2D eigenvalue weighted by atomic mass is 10.1. The van der Waals surface area contributed by atoms with Gasteiger partial charge >= 0.3 is 5.97 Å². The Morgan fingerprint density at radius 1 is 1.33 bits per heavy atom. The number of benzene rings is 1. The highest BCUT2D eigenvalue weighted by Gasteiger charge is 2.23. The van der Waals surface area contributed by atoms with Crippen molar-refractivity contribution in [1.29, 1.82) is 0 Å². The summed E-state index contributed by atoms with van der Waals surface area (Å²) in [4.78, 5) is 46.1. The molecule has 0 saturated carbocycles. The minimum atomic E-state index is -1.20. The van der Waals surface area contributed by atoms with E-state index in [9.17, 15) is 24.5 Å². The minimum Gasteiger partial charge on any atom is -0.454 e. The van der Waals surface area contributed by atoms with E-state index in [0.29, 0.717) is 5.75 Å². The second kappa shape index (κ2) is 8.61. The highest BCUT2D eigenvalue weighted by atomic mass is 32.1. The quantitative estimate of drug-likeness (QED) is 0.290. The fraction of sp³-hybridized carbons (Fsp3) is 0.167. The van der Waals surface area contributed by atoms with Crippen LogP contribution in [0.2, 0.25) is 0 Å². The predicted molar refractivity (Wildman–Crippen MR) is 105 cm³/mol. The van der Waals surface area contributed by atoms with Gasteiger partial charge in [0.25, 0.3) is 17.5 Å². The van der Waals surface area contributed by atoms with Crippen molar-refractivity contribution in [3.8, 4) is 11.5 Å². The van der Waals surface area contributed by atoms with E-state index in [-0.39, 0.29) is 34.4 Å². The van der Waals surface area contributed by atoms with Gasteiger partial charge in [-0.3, -0.25) is 19.7 Å². The molecule has 0 radical (unpaired) electrons. The number of nitro benzene ring substituents is 1. The van der Waals surface area contributed by atoms with Gasteiger partial charge in [0.15, 0.2) is 17.6 Å². The van der Waals surface area contributed by atoms with Crippen molar-refractivity contribution >= 4 is 45.9 Å². The molecule has 1 unspecified atom stereocenters. The van der Waals surface area contributed by atoms with Crippen LogP contribution in [0.3, 0.4) is 0 Å². The number of rotatable bonds is 7. The van der Waals surface area contributed by atoms with E-state index in [1.165, 1.54) is 31.2 Å². The van der Waals surface area contributed by atoms with Crippen LogP contribution in [-0.2, 0) is 14.3 Å². The molecule has 3 rings (SSSR count). The second-order valence-corrected chi connectivity index (χ2v) is 6.87. The molecular formula is C18H15N3O8S. The summed E-state index contributed by atoms with van der Waals surface area (Å²) in [5.41, 5.74) is 5.17. The molecule has 0 spiro atoms. The Morgan fingerprint density at radius 3 is 2.70 bits per heavy atom. The number of fused-ring (bicyclic) bond motifs is 1. The number of hydrogen-bond donors (Lipinski definition) is 2. The van der Waals surface area contributed by atoms with Crippen molar-refractivity contribution in [2.75, 3.05) is 12.1 Å². The summed E-state index contributed by atoms with van der Waals surface area (Å²) >= 11 is 1.09. The Balaban J connectivity index is 1.66. The number of ether oxygens (including phenoxy) is 3. The topological polar surface area (TPSA) is 160 Å². The number of nitrogens with two attached hydrogens (primary N) is 1. The van der Waals surface area contributed by atoms with Gasteiger partial charge in [-0.25, -0.2) is 4.79 Å². The number of hydrogen-bond acceptors (Lipinski definition) is 9. The van der Waals surface area contributed by atoms with E-state index < -0.39 is 28.8 Å². The number of nitrogens with one attached hydrogen (secondary N) is 1. The zero-order valence-electron chi connectivity index (χ0n) is 15.4. The molecule has 1 atom stereocenters. The fourth-order valence-corrected chi connectivity index (χ4v) is 3.27. The molecule has 156 valence electrons. The number of nitro groups is 1. The third-order valence-electron chi connectivity index (χ3n) is 3.95. The number of carbonyl (C=O) groups is 3. The molecular weight excluding hydrogens is 418 g/mol. The molecule has 2 heterocycles. The lowest BCUT2D eigenvalue weighted by molar-refractivity contribution is -0.385. The van der Waals surface area contributed by atoms with Crippen LogP contribution < -0.4 is 20.5 Å². The standard InChI is InChI=1S/C18H15N3O8S/c1-9(17(24)20-18-11(16(19)23)4-5-30-18)29-15(22)3-2-10-6-13-14(28-8-27-13)7-12(10)21(25)26/h2-7,9H,8H2,1H3,(H2,19,23)(H,20,24)/b3-2+. The van der Waals surface area contributed by atoms with Gasteiger partial charge in [0, 0.05) is 6.08 Å². The molecule has 1 aliphatic heterocycles. The Labute approximate surface area is 173 Å². The lowest BCUT2D eigenvalue weighted by Crippen LogP contribution is -2.29. The summed E-state index contributed by atoms with van der Waals surface area (Å²) in [5, 5.41) is 15.5. The monoisotopic (exact) mass is 433 g/mol. The Hall–Kier alpha value is -3.93. The molecule has 1 aromatic heterocycles. The van der Waals surface area contributed by atoms with E-state index in [4.69, 9.17) is 19.9 Å². The van der Waals surface area contributed by atoms with Gasteiger partial charge in [-0.15, -0.1) is 11.3 Å². The number of amides is 2. The van der Waals surface area contributed by atoms with Crippen LogP contribution in [0.25, 0.3) is 6.08 Å². The summed E-state index contributed by atoms with van der Waals surface area (Å²) in [6.45, 7) is 1.28. The van der Waals surface area contributed by atoms with Crippen LogP contribution in [0.5, 0.6) is 11.5 Å². The van der Waals surface area contributed by atoms with E-state index >= 15 is 0 Å². The Morgan fingerprint density at radius 2 is 2.03 bits per heavy atom. The summed E-state index contributed by atoms with van der Waals surface area (Å²) in [5.74, 6) is -1.73. The van der Waals surface area contributed by atoms with Gasteiger partial charge in [-0.2, -0.15) is 0 Å². The zero-order chi connectivity index (χ0) is 21.8. The highest BCUT2D eigenvalue weighted by molar-refractivity contribution is 7.14. The number of primary amides is 1. The van der Waals surface area contributed by atoms with Crippen molar-refractivity contribution in [3.05, 3.63) is 50.9 Å². The van der Waals surface area contributed by atoms with Crippen LogP contribution in [0.1, 0.15) is 22.8 Å². The van der Waals surface area contributed by atoms with E-state index in [2.05, 4.69) is 5.32 Å². The number of thiophene rings is 1. The van der Waals surface area contributed by atoms with Gasteiger partial charge in [0.2, 0.25) is 6.79 Å². The summed E-state index contributed by atoms with van der Waals surface area (Å²) in [7, 11) is 0. The van der Waals surface area contributed by atoms with Gasteiger partial charge < -0.3 is 25.3 Å². The first-order chi connectivity index (χ1) is 14.3. The van der Waals surface area contributed by atoms with E-state index in [1.807, 2.05) is 0 Å². The molecule has 2 aromatic rings. The third-order valence-corrected chi connectivity index (χ3v) is 4.78. The van der Waals surface area contributed by atoms with Crippen LogP contribution in [0, 0.1) is 10.1 Å². The normalized spacial score (nSPS) is 13.1. The minimum absolute atomic E-state index is 0.0595. The number of carbonyl (C=O) groups excluding carboxylic acids is 3. The maximum atomic E-state index is 12.2.